The summed E-state index contributed by atoms with van der Waals surface area (Å²) in [5.74, 6) is 6.68. The number of aliphatic hydroxyl groups is 2. The van der Waals surface area contributed by atoms with Gasteiger partial charge < -0.3 is 20.1 Å². The SMILES string of the molecule is CNc1nc(C#Cc2ccc(C)cc2)nc2c1ncn2[C@@H]1C2C[C@@]2(C(C)=O)C(O)[C@H]1O. The normalized spacial score (nSPS) is 28.7. The van der Waals surface area contributed by atoms with Gasteiger partial charge in [0.25, 0.3) is 0 Å². The Labute approximate surface area is 179 Å². The van der Waals surface area contributed by atoms with E-state index in [-0.39, 0.29) is 11.7 Å². The summed E-state index contributed by atoms with van der Waals surface area (Å²) in [5, 5.41) is 24.3. The van der Waals surface area contributed by atoms with Gasteiger partial charge >= 0.3 is 0 Å². The third kappa shape index (κ3) is 2.85. The standard InChI is InChI=1S/C23H23N5O3/c1-12-4-6-14(7-5-12)8-9-16-26-21(24-3)17-22(27-16)28(11-25-17)18-15-10-23(15,13(2)29)20(31)19(18)30/h4-7,11,15,18-20,30-31H,10H2,1-3H3,(H,24,26,27)/t15?,18-,19+,20?,23+/m1/s1. The average Bonchev–Trinajstić information content (AvgIpc) is 3.31. The van der Waals surface area contributed by atoms with Crippen LogP contribution in [0.4, 0.5) is 5.82 Å². The molecule has 158 valence electrons. The second kappa shape index (κ2) is 6.87. The first-order valence-corrected chi connectivity index (χ1v) is 10.2. The Balaban J connectivity index is 1.58. The number of aliphatic hydroxyl groups excluding tert-OH is 2. The fourth-order valence-corrected chi connectivity index (χ4v) is 4.90. The van der Waals surface area contributed by atoms with Gasteiger partial charge in [-0.1, -0.05) is 23.6 Å². The van der Waals surface area contributed by atoms with Crippen LogP contribution in [-0.4, -0.2) is 54.8 Å². The van der Waals surface area contributed by atoms with Crippen LogP contribution in [0.2, 0.25) is 0 Å². The third-order valence-corrected chi connectivity index (χ3v) is 6.68. The zero-order valence-electron chi connectivity index (χ0n) is 17.5. The summed E-state index contributed by atoms with van der Waals surface area (Å²) in [5.41, 5.74) is 2.20. The van der Waals surface area contributed by atoms with Crippen molar-refractivity contribution in [1.82, 2.24) is 19.5 Å². The van der Waals surface area contributed by atoms with Gasteiger partial charge in [0.2, 0.25) is 5.82 Å². The van der Waals surface area contributed by atoms with E-state index in [1.807, 2.05) is 31.2 Å². The molecule has 0 radical (unpaired) electrons. The lowest BCUT2D eigenvalue weighted by Gasteiger charge is -2.23. The highest BCUT2D eigenvalue weighted by atomic mass is 16.3. The van der Waals surface area contributed by atoms with Crippen LogP contribution < -0.4 is 5.32 Å². The number of Topliss-reactive ketones (excluding diaryl/α,β-unsaturated/α-hetero) is 1. The van der Waals surface area contributed by atoms with Crippen molar-refractivity contribution in [1.29, 1.82) is 0 Å². The summed E-state index contributed by atoms with van der Waals surface area (Å²) >= 11 is 0. The maximum atomic E-state index is 12.2. The minimum absolute atomic E-state index is 0.0915. The molecule has 2 unspecified atom stereocenters. The first-order chi connectivity index (χ1) is 14.9. The molecule has 1 aromatic carbocycles. The second-order valence-corrected chi connectivity index (χ2v) is 8.42. The van der Waals surface area contributed by atoms with E-state index in [4.69, 9.17) is 0 Å². The maximum absolute atomic E-state index is 12.2. The van der Waals surface area contributed by atoms with E-state index in [1.165, 1.54) is 6.92 Å². The second-order valence-electron chi connectivity index (χ2n) is 8.42. The molecule has 2 heterocycles. The lowest BCUT2D eigenvalue weighted by atomic mass is 9.95. The number of hydrogen-bond acceptors (Lipinski definition) is 7. The highest BCUT2D eigenvalue weighted by Crippen LogP contribution is 2.68. The molecule has 2 fully saturated rings. The maximum Gasteiger partial charge on any atom is 0.209 e. The van der Waals surface area contributed by atoms with Crippen molar-refractivity contribution >= 4 is 22.8 Å². The van der Waals surface area contributed by atoms with Gasteiger partial charge in [-0.3, -0.25) is 4.79 Å². The Bertz CT molecular complexity index is 1260. The lowest BCUT2D eigenvalue weighted by molar-refractivity contribution is -0.128. The number of benzene rings is 1. The van der Waals surface area contributed by atoms with Gasteiger partial charge in [0.05, 0.1) is 23.9 Å². The van der Waals surface area contributed by atoms with Crippen LogP contribution >= 0.6 is 0 Å². The minimum Gasteiger partial charge on any atom is -0.389 e. The molecular weight excluding hydrogens is 394 g/mol. The van der Waals surface area contributed by atoms with E-state index >= 15 is 0 Å². The van der Waals surface area contributed by atoms with Crippen molar-refractivity contribution in [3.63, 3.8) is 0 Å². The number of hydrogen-bond donors (Lipinski definition) is 3. The fraction of sp³-hybridized carbons (Fsp3) is 0.391. The summed E-state index contributed by atoms with van der Waals surface area (Å²) in [6.45, 7) is 3.49. The van der Waals surface area contributed by atoms with Crippen LogP contribution in [0.25, 0.3) is 11.2 Å². The first-order valence-electron chi connectivity index (χ1n) is 10.2. The van der Waals surface area contributed by atoms with Crippen molar-refractivity contribution in [2.75, 3.05) is 12.4 Å². The van der Waals surface area contributed by atoms with E-state index in [2.05, 4.69) is 32.1 Å². The fourth-order valence-electron chi connectivity index (χ4n) is 4.90. The van der Waals surface area contributed by atoms with Crippen LogP contribution in [0.3, 0.4) is 0 Å². The van der Waals surface area contributed by atoms with Crippen molar-refractivity contribution in [3.05, 3.63) is 47.5 Å². The monoisotopic (exact) mass is 417 g/mol. The lowest BCUT2D eigenvalue weighted by Crippen LogP contribution is -2.36. The van der Waals surface area contributed by atoms with Crippen LogP contribution in [0, 0.1) is 30.1 Å². The molecule has 31 heavy (non-hydrogen) atoms. The highest BCUT2D eigenvalue weighted by molar-refractivity contribution is 5.88. The van der Waals surface area contributed by atoms with Gasteiger partial charge in [-0.15, -0.1) is 0 Å². The summed E-state index contributed by atoms with van der Waals surface area (Å²) in [6.07, 6.45) is -0.0272. The Kier molecular flexibility index (Phi) is 4.36. The average molecular weight is 417 g/mol. The van der Waals surface area contributed by atoms with Crippen LogP contribution in [0.1, 0.15) is 36.3 Å². The van der Waals surface area contributed by atoms with Crippen molar-refractivity contribution in [3.8, 4) is 11.8 Å². The molecule has 2 aromatic heterocycles. The van der Waals surface area contributed by atoms with Gasteiger partial charge in [0, 0.05) is 12.6 Å². The molecule has 8 nitrogen and oxygen atoms in total. The van der Waals surface area contributed by atoms with Crippen molar-refractivity contribution in [2.24, 2.45) is 11.3 Å². The summed E-state index contributed by atoms with van der Waals surface area (Å²) in [4.78, 5) is 25.7. The number of imidazole rings is 1. The molecular formula is C23H23N5O3. The Hall–Kier alpha value is -3.28. The quantitative estimate of drug-likeness (QED) is 0.553. The number of nitrogens with zero attached hydrogens (tertiary/aromatic N) is 4. The molecule has 0 amide bonds. The number of carbonyl (C=O) groups excluding carboxylic acids is 1. The molecule has 0 saturated heterocycles. The third-order valence-electron chi connectivity index (χ3n) is 6.68. The van der Waals surface area contributed by atoms with Gasteiger partial charge in [0.15, 0.2) is 17.0 Å². The molecule has 0 aliphatic heterocycles. The van der Waals surface area contributed by atoms with Crippen molar-refractivity contribution in [2.45, 2.75) is 38.5 Å². The zero-order valence-corrected chi connectivity index (χ0v) is 17.5. The van der Waals surface area contributed by atoms with E-state index in [0.717, 1.165) is 11.1 Å². The molecule has 2 aliphatic carbocycles. The number of nitrogens with one attached hydrogen (secondary N) is 1. The molecule has 2 aliphatic rings. The molecule has 3 aromatic rings. The Morgan fingerprint density at radius 3 is 2.61 bits per heavy atom. The van der Waals surface area contributed by atoms with Crippen LogP contribution in [-0.2, 0) is 4.79 Å². The molecule has 5 atom stereocenters. The number of ketones is 1. The number of rotatable bonds is 3. The van der Waals surface area contributed by atoms with Gasteiger partial charge in [-0.2, -0.15) is 0 Å². The van der Waals surface area contributed by atoms with E-state index in [1.54, 1.807) is 17.9 Å². The Morgan fingerprint density at radius 2 is 1.97 bits per heavy atom. The minimum atomic E-state index is -1.09. The molecule has 5 rings (SSSR count). The van der Waals surface area contributed by atoms with Gasteiger partial charge in [-0.25, -0.2) is 15.0 Å². The smallest absolute Gasteiger partial charge is 0.209 e. The summed E-state index contributed by atoms with van der Waals surface area (Å²) < 4.78 is 1.76. The number of fused-ring (bicyclic) bond motifs is 2. The van der Waals surface area contributed by atoms with E-state index in [9.17, 15) is 15.0 Å². The molecule has 0 bridgehead atoms. The van der Waals surface area contributed by atoms with Gasteiger partial charge in [-0.05, 0) is 44.2 Å². The Morgan fingerprint density at radius 1 is 1.23 bits per heavy atom. The van der Waals surface area contributed by atoms with Crippen molar-refractivity contribution < 1.29 is 15.0 Å². The largest absolute Gasteiger partial charge is 0.389 e. The summed E-state index contributed by atoms with van der Waals surface area (Å²) in [7, 11) is 1.74. The van der Waals surface area contributed by atoms with E-state index in [0.29, 0.717) is 29.2 Å². The predicted octanol–water partition coefficient (Wildman–Crippen LogP) is 1.45. The molecule has 8 heteroatoms. The topological polar surface area (TPSA) is 113 Å². The first kappa shape index (κ1) is 19.7. The van der Waals surface area contributed by atoms with Crippen LogP contribution in [0.15, 0.2) is 30.6 Å². The summed E-state index contributed by atoms with van der Waals surface area (Å²) in [6, 6.07) is 7.38. The van der Waals surface area contributed by atoms with Crippen LogP contribution in [0.5, 0.6) is 0 Å². The number of carbonyl (C=O) groups is 1. The zero-order chi connectivity index (χ0) is 21.9. The predicted molar refractivity (Wildman–Crippen MR) is 114 cm³/mol. The molecule has 2 saturated carbocycles. The van der Waals surface area contributed by atoms with E-state index < -0.39 is 23.7 Å². The number of aromatic nitrogens is 4. The molecule has 0 spiro atoms. The molecule has 3 N–H and O–H groups in total. The number of aryl methyl sites for hydroxylation is 1. The number of anilines is 1. The highest BCUT2D eigenvalue weighted by Gasteiger charge is 2.74. The van der Waals surface area contributed by atoms with Gasteiger partial charge in [0.1, 0.15) is 11.9 Å².